The number of carboxylic acids is 1. The van der Waals surface area contributed by atoms with E-state index in [1.54, 1.807) is 0 Å². The van der Waals surface area contributed by atoms with Gasteiger partial charge in [0.05, 0.1) is 0 Å². The number of carboxylic acid groups (broad SMARTS) is 1. The predicted molar refractivity (Wildman–Crippen MR) is 81.9 cm³/mol. The fourth-order valence-electron chi connectivity index (χ4n) is 3.95. The number of aliphatic carboxylic acids is 1. The number of carbonyl (C=O) groups excluding carboxylic acids is 1. The van der Waals surface area contributed by atoms with Gasteiger partial charge in [0.2, 0.25) is 5.91 Å². The fourth-order valence-corrected chi connectivity index (χ4v) is 3.95. The zero-order valence-electron chi connectivity index (χ0n) is 13.6. The molecule has 0 aromatic heterocycles. The highest BCUT2D eigenvalue weighted by atomic mass is 16.4. The van der Waals surface area contributed by atoms with E-state index in [0.29, 0.717) is 18.8 Å². The molecule has 2 fully saturated rings. The third kappa shape index (κ3) is 3.41. The Kier molecular flexibility index (Phi) is 4.64. The summed E-state index contributed by atoms with van der Waals surface area (Å²) in [4.78, 5) is 24.4. The minimum absolute atomic E-state index is 0.0238. The number of nitrogens with one attached hydrogen (secondary N) is 1. The topological polar surface area (TPSA) is 66.4 Å². The van der Waals surface area contributed by atoms with Crippen molar-refractivity contribution in [2.45, 2.75) is 77.7 Å². The van der Waals surface area contributed by atoms with Gasteiger partial charge in [-0.25, -0.2) is 4.79 Å². The van der Waals surface area contributed by atoms with Crippen LogP contribution in [-0.4, -0.2) is 22.5 Å². The maximum Gasteiger partial charge on any atom is 0.329 e. The lowest BCUT2D eigenvalue weighted by molar-refractivity contribution is -0.151. The maximum atomic E-state index is 12.7. The van der Waals surface area contributed by atoms with Gasteiger partial charge in [0.25, 0.3) is 0 Å². The normalized spacial score (nSPS) is 36.0. The summed E-state index contributed by atoms with van der Waals surface area (Å²) in [5.74, 6) is -0.407. The van der Waals surface area contributed by atoms with E-state index >= 15 is 0 Å². The summed E-state index contributed by atoms with van der Waals surface area (Å²) in [5.41, 5.74) is -1.05. The molecule has 21 heavy (non-hydrogen) atoms. The summed E-state index contributed by atoms with van der Waals surface area (Å²) >= 11 is 0. The number of carbonyl (C=O) groups is 2. The standard InChI is InChI=1S/C17H29NO3/c1-12-7-10-17(11-8-12,15(20)21)18-14(19)13-6-4-5-9-16(13,2)3/h12-13H,4-11H2,1-3H3,(H,18,19)(H,20,21). The van der Waals surface area contributed by atoms with E-state index in [0.717, 1.165) is 32.1 Å². The SMILES string of the molecule is CC1CCC(NC(=O)C2CCCCC2(C)C)(C(=O)O)CC1. The molecule has 0 saturated heterocycles. The summed E-state index contributed by atoms with van der Waals surface area (Å²) in [6.45, 7) is 6.41. The largest absolute Gasteiger partial charge is 0.480 e. The zero-order valence-corrected chi connectivity index (χ0v) is 13.6. The summed E-state index contributed by atoms with van der Waals surface area (Å²) in [6.07, 6.45) is 7.02. The van der Waals surface area contributed by atoms with Crippen LogP contribution in [0.2, 0.25) is 0 Å². The van der Waals surface area contributed by atoms with Gasteiger partial charge >= 0.3 is 5.97 Å². The van der Waals surface area contributed by atoms with Gasteiger partial charge in [0, 0.05) is 5.92 Å². The molecule has 2 saturated carbocycles. The lowest BCUT2D eigenvalue weighted by Gasteiger charge is -2.41. The van der Waals surface area contributed by atoms with E-state index in [1.807, 2.05) is 0 Å². The van der Waals surface area contributed by atoms with Crippen LogP contribution >= 0.6 is 0 Å². The van der Waals surface area contributed by atoms with E-state index in [1.165, 1.54) is 6.42 Å². The van der Waals surface area contributed by atoms with Gasteiger partial charge < -0.3 is 10.4 Å². The van der Waals surface area contributed by atoms with Crippen molar-refractivity contribution in [3.05, 3.63) is 0 Å². The molecule has 4 nitrogen and oxygen atoms in total. The molecule has 4 heteroatoms. The summed E-state index contributed by atoms with van der Waals surface area (Å²) < 4.78 is 0. The molecule has 2 N–H and O–H groups in total. The zero-order chi connectivity index (χ0) is 15.7. The number of hydrogen-bond donors (Lipinski definition) is 2. The highest BCUT2D eigenvalue weighted by Gasteiger charge is 2.45. The molecule has 120 valence electrons. The Morgan fingerprint density at radius 3 is 2.19 bits per heavy atom. The number of hydrogen-bond acceptors (Lipinski definition) is 2. The number of rotatable bonds is 3. The van der Waals surface area contributed by atoms with E-state index in [2.05, 4.69) is 26.1 Å². The lowest BCUT2D eigenvalue weighted by Crippen LogP contribution is -2.58. The van der Waals surface area contributed by atoms with E-state index in [9.17, 15) is 14.7 Å². The maximum absolute atomic E-state index is 12.7. The second kappa shape index (κ2) is 5.98. The highest BCUT2D eigenvalue weighted by Crippen LogP contribution is 2.41. The monoisotopic (exact) mass is 295 g/mol. The first-order valence-electron chi connectivity index (χ1n) is 8.32. The van der Waals surface area contributed by atoms with Crippen molar-refractivity contribution < 1.29 is 14.7 Å². The Morgan fingerprint density at radius 1 is 1.05 bits per heavy atom. The molecule has 0 aliphatic heterocycles. The Bertz CT molecular complexity index is 408. The smallest absolute Gasteiger partial charge is 0.329 e. The minimum atomic E-state index is -1.03. The molecule has 0 spiro atoms. The second-order valence-corrected chi connectivity index (χ2v) is 7.85. The predicted octanol–water partition coefficient (Wildman–Crippen LogP) is 3.35. The quantitative estimate of drug-likeness (QED) is 0.839. The van der Waals surface area contributed by atoms with Crippen LogP contribution in [0.4, 0.5) is 0 Å². The van der Waals surface area contributed by atoms with Gasteiger partial charge in [-0.1, -0.05) is 33.6 Å². The van der Waals surface area contributed by atoms with Gasteiger partial charge in [-0.05, 0) is 49.9 Å². The Hall–Kier alpha value is -1.06. The van der Waals surface area contributed by atoms with Crippen LogP contribution in [0.5, 0.6) is 0 Å². The minimum Gasteiger partial charge on any atom is -0.480 e. The van der Waals surface area contributed by atoms with E-state index in [4.69, 9.17) is 0 Å². The molecule has 0 aromatic carbocycles. The molecule has 0 aromatic rings. The second-order valence-electron chi connectivity index (χ2n) is 7.85. The molecular formula is C17H29NO3. The van der Waals surface area contributed by atoms with Gasteiger partial charge in [-0.3, -0.25) is 4.79 Å². The molecular weight excluding hydrogens is 266 g/mol. The van der Waals surface area contributed by atoms with Crippen molar-refractivity contribution in [2.24, 2.45) is 17.3 Å². The van der Waals surface area contributed by atoms with Crippen LogP contribution in [0.1, 0.15) is 72.1 Å². The highest BCUT2D eigenvalue weighted by molar-refractivity contribution is 5.88. The van der Waals surface area contributed by atoms with Gasteiger partial charge in [0.15, 0.2) is 0 Å². The summed E-state index contributed by atoms with van der Waals surface area (Å²) in [6, 6.07) is 0. The van der Waals surface area contributed by atoms with Crippen LogP contribution in [0.15, 0.2) is 0 Å². The molecule has 0 heterocycles. The van der Waals surface area contributed by atoms with Gasteiger partial charge in [0.1, 0.15) is 5.54 Å². The average molecular weight is 295 g/mol. The molecule has 2 aliphatic rings. The van der Waals surface area contributed by atoms with Gasteiger partial charge in [-0.15, -0.1) is 0 Å². The van der Waals surface area contributed by atoms with Crippen molar-refractivity contribution in [3.8, 4) is 0 Å². The Balaban J connectivity index is 2.10. The summed E-state index contributed by atoms with van der Waals surface area (Å²) in [7, 11) is 0. The van der Waals surface area contributed by atoms with E-state index < -0.39 is 11.5 Å². The molecule has 1 unspecified atom stereocenters. The Morgan fingerprint density at radius 2 is 1.67 bits per heavy atom. The first-order valence-corrected chi connectivity index (χ1v) is 8.32. The number of amides is 1. The van der Waals surface area contributed by atoms with E-state index in [-0.39, 0.29) is 17.2 Å². The first-order chi connectivity index (χ1) is 9.77. The molecule has 1 amide bonds. The van der Waals surface area contributed by atoms with Crippen LogP contribution in [-0.2, 0) is 9.59 Å². The molecule has 2 aliphatic carbocycles. The average Bonchev–Trinajstić information content (AvgIpc) is 2.40. The molecule has 0 radical (unpaired) electrons. The van der Waals surface area contributed by atoms with Crippen LogP contribution < -0.4 is 5.32 Å². The van der Waals surface area contributed by atoms with Gasteiger partial charge in [-0.2, -0.15) is 0 Å². The third-order valence-electron chi connectivity index (χ3n) is 5.72. The van der Waals surface area contributed by atoms with Crippen molar-refractivity contribution in [3.63, 3.8) is 0 Å². The van der Waals surface area contributed by atoms with Crippen LogP contribution in [0.3, 0.4) is 0 Å². The molecule has 0 bridgehead atoms. The Labute approximate surface area is 127 Å². The fraction of sp³-hybridized carbons (Fsp3) is 0.882. The van der Waals surface area contributed by atoms with Crippen LogP contribution in [0, 0.1) is 17.3 Å². The van der Waals surface area contributed by atoms with Crippen molar-refractivity contribution in [1.82, 2.24) is 5.32 Å². The van der Waals surface area contributed by atoms with Crippen molar-refractivity contribution >= 4 is 11.9 Å². The molecule has 1 atom stereocenters. The summed E-state index contributed by atoms with van der Waals surface area (Å²) in [5, 5.41) is 12.6. The third-order valence-corrected chi connectivity index (χ3v) is 5.72. The van der Waals surface area contributed by atoms with Crippen LogP contribution in [0.25, 0.3) is 0 Å². The first kappa shape index (κ1) is 16.3. The molecule has 2 rings (SSSR count). The van der Waals surface area contributed by atoms with Crippen molar-refractivity contribution in [2.75, 3.05) is 0 Å². The van der Waals surface area contributed by atoms with Crippen molar-refractivity contribution in [1.29, 1.82) is 0 Å². The lowest BCUT2D eigenvalue weighted by atomic mass is 9.68.